The van der Waals surface area contributed by atoms with Crippen LogP contribution in [0.4, 0.5) is 5.95 Å². The summed E-state index contributed by atoms with van der Waals surface area (Å²) in [5.41, 5.74) is -0.657. The summed E-state index contributed by atoms with van der Waals surface area (Å²) < 4.78 is 10.3. The smallest absolute Gasteiger partial charge is 0.376 e. The van der Waals surface area contributed by atoms with E-state index in [1.54, 1.807) is 30.6 Å². The first-order valence-electron chi connectivity index (χ1n) is 9.86. The topological polar surface area (TPSA) is 115 Å². The quantitative estimate of drug-likeness (QED) is 0.643. The maximum atomic E-state index is 12.9. The van der Waals surface area contributed by atoms with E-state index in [1.165, 1.54) is 7.11 Å². The summed E-state index contributed by atoms with van der Waals surface area (Å²) in [5.74, 6) is -1.77. The average Bonchev–Trinajstić information content (AvgIpc) is 3.11. The normalized spacial score (nSPS) is 22.2. The van der Waals surface area contributed by atoms with Gasteiger partial charge >= 0.3 is 11.9 Å². The molecular formula is C19H26ClN5O5. The van der Waals surface area contributed by atoms with Gasteiger partial charge in [-0.25, -0.2) is 4.79 Å². The molecular weight excluding hydrogens is 414 g/mol. The van der Waals surface area contributed by atoms with E-state index >= 15 is 0 Å². The van der Waals surface area contributed by atoms with Gasteiger partial charge in [0, 0.05) is 26.1 Å². The Morgan fingerprint density at radius 1 is 1.13 bits per heavy atom. The van der Waals surface area contributed by atoms with Crippen LogP contribution in [-0.2, 0) is 19.1 Å². The maximum absolute atomic E-state index is 12.9. The molecule has 3 heterocycles. The SMILES string of the molecule is COC(=O)c1nc(Cl)nc(N2C[C@H](C(=O)OC(C)(C)C)[C@H](N3CCCCC3=O)C2)n1. The zero-order valence-corrected chi connectivity index (χ0v) is 18.3. The Morgan fingerprint density at radius 2 is 1.87 bits per heavy atom. The molecule has 11 heteroatoms. The molecule has 10 nitrogen and oxygen atoms in total. The number of carbonyl (C=O) groups is 3. The number of esters is 2. The molecule has 30 heavy (non-hydrogen) atoms. The van der Waals surface area contributed by atoms with Gasteiger partial charge in [0.2, 0.25) is 23.0 Å². The minimum absolute atomic E-state index is 0.0191. The van der Waals surface area contributed by atoms with E-state index in [4.69, 9.17) is 16.3 Å². The first-order valence-corrected chi connectivity index (χ1v) is 10.2. The molecule has 0 saturated carbocycles. The molecule has 2 fully saturated rings. The third kappa shape index (κ3) is 4.97. The Labute approximate surface area is 179 Å². The van der Waals surface area contributed by atoms with Crippen LogP contribution in [0.2, 0.25) is 5.28 Å². The molecule has 0 spiro atoms. The Hall–Kier alpha value is -2.49. The molecule has 0 aromatic carbocycles. The number of amides is 1. The van der Waals surface area contributed by atoms with Gasteiger partial charge in [-0.15, -0.1) is 0 Å². The lowest BCUT2D eigenvalue weighted by atomic mass is 9.98. The number of carbonyl (C=O) groups excluding carboxylic acids is 3. The van der Waals surface area contributed by atoms with Crippen LogP contribution < -0.4 is 4.90 Å². The number of anilines is 1. The number of methoxy groups -OCH3 is 1. The lowest BCUT2D eigenvalue weighted by Gasteiger charge is -2.35. The molecule has 0 unspecified atom stereocenters. The van der Waals surface area contributed by atoms with E-state index in [-0.39, 0.29) is 41.5 Å². The second kappa shape index (κ2) is 8.71. The van der Waals surface area contributed by atoms with Crippen molar-refractivity contribution < 1.29 is 23.9 Å². The number of piperidine rings is 1. The van der Waals surface area contributed by atoms with Gasteiger partial charge in [-0.05, 0) is 45.2 Å². The number of aromatic nitrogens is 3. The second-order valence-electron chi connectivity index (χ2n) is 8.38. The molecule has 1 aromatic rings. The standard InChI is InChI=1S/C19H26ClN5O5/c1-19(2,3)30-15(27)11-9-24(10-12(11)25-8-6-5-7-13(25)26)18-22-14(16(28)29-4)21-17(20)23-18/h11-12H,5-10H2,1-4H3/t11-,12+/m0/s1. The molecule has 0 aliphatic carbocycles. The summed E-state index contributed by atoms with van der Waals surface area (Å²) >= 11 is 5.97. The highest BCUT2D eigenvalue weighted by Crippen LogP contribution is 2.30. The average molecular weight is 440 g/mol. The van der Waals surface area contributed by atoms with Crippen LogP contribution in [0, 0.1) is 5.92 Å². The highest BCUT2D eigenvalue weighted by molar-refractivity contribution is 6.28. The van der Waals surface area contributed by atoms with Gasteiger partial charge in [0.25, 0.3) is 0 Å². The van der Waals surface area contributed by atoms with Crippen LogP contribution in [0.5, 0.6) is 0 Å². The fraction of sp³-hybridized carbons (Fsp3) is 0.684. The van der Waals surface area contributed by atoms with Crippen molar-refractivity contribution in [1.29, 1.82) is 0 Å². The Balaban J connectivity index is 1.91. The number of nitrogens with zero attached hydrogens (tertiary/aromatic N) is 5. The molecule has 2 atom stereocenters. The predicted octanol–water partition coefficient (Wildman–Crippen LogP) is 1.47. The van der Waals surface area contributed by atoms with Crippen molar-refractivity contribution in [3.05, 3.63) is 11.1 Å². The van der Waals surface area contributed by atoms with Crippen LogP contribution >= 0.6 is 11.6 Å². The highest BCUT2D eigenvalue weighted by Gasteiger charge is 2.45. The molecule has 1 amide bonds. The summed E-state index contributed by atoms with van der Waals surface area (Å²) in [5, 5.41) is -0.160. The zero-order valence-electron chi connectivity index (χ0n) is 17.6. The largest absolute Gasteiger partial charge is 0.463 e. The molecule has 0 N–H and O–H groups in total. The third-order valence-electron chi connectivity index (χ3n) is 5.01. The number of rotatable bonds is 4. The van der Waals surface area contributed by atoms with E-state index in [2.05, 4.69) is 19.7 Å². The number of ether oxygens (including phenoxy) is 2. The molecule has 2 aliphatic heterocycles. The number of halogens is 1. The van der Waals surface area contributed by atoms with Crippen LogP contribution in [0.3, 0.4) is 0 Å². The Bertz CT molecular complexity index is 843. The van der Waals surface area contributed by atoms with E-state index in [1.807, 2.05) is 0 Å². The Kier molecular flexibility index (Phi) is 6.44. The summed E-state index contributed by atoms with van der Waals surface area (Å²) in [6, 6.07) is -0.384. The van der Waals surface area contributed by atoms with E-state index in [0.717, 1.165) is 12.8 Å². The minimum atomic E-state index is -0.744. The van der Waals surface area contributed by atoms with Crippen LogP contribution in [0.15, 0.2) is 0 Å². The maximum Gasteiger partial charge on any atom is 0.376 e. The number of hydrogen-bond donors (Lipinski definition) is 0. The van der Waals surface area contributed by atoms with Crippen molar-refractivity contribution in [3.8, 4) is 0 Å². The third-order valence-corrected chi connectivity index (χ3v) is 5.18. The lowest BCUT2D eigenvalue weighted by molar-refractivity contribution is -0.161. The van der Waals surface area contributed by atoms with E-state index in [9.17, 15) is 14.4 Å². The molecule has 164 valence electrons. The fourth-order valence-electron chi connectivity index (χ4n) is 3.72. The number of hydrogen-bond acceptors (Lipinski definition) is 9. The minimum Gasteiger partial charge on any atom is -0.463 e. The van der Waals surface area contributed by atoms with Crippen molar-refractivity contribution in [2.75, 3.05) is 31.6 Å². The Morgan fingerprint density at radius 3 is 2.50 bits per heavy atom. The van der Waals surface area contributed by atoms with Crippen LogP contribution in [-0.4, -0.2) is 76.1 Å². The second-order valence-corrected chi connectivity index (χ2v) is 8.71. The van der Waals surface area contributed by atoms with Crippen LogP contribution in [0.25, 0.3) is 0 Å². The van der Waals surface area contributed by atoms with Crippen molar-refractivity contribution in [1.82, 2.24) is 19.9 Å². The first-order chi connectivity index (χ1) is 14.1. The molecule has 2 saturated heterocycles. The van der Waals surface area contributed by atoms with Crippen molar-refractivity contribution in [2.45, 2.75) is 51.7 Å². The number of likely N-dealkylation sites (tertiary alicyclic amines) is 1. The summed E-state index contributed by atoms with van der Waals surface area (Å²) in [4.78, 5) is 52.8. The van der Waals surface area contributed by atoms with E-state index in [0.29, 0.717) is 19.5 Å². The van der Waals surface area contributed by atoms with Crippen molar-refractivity contribution in [3.63, 3.8) is 0 Å². The highest BCUT2D eigenvalue weighted by atomic mass is 35.5. The molecule has 0 bridgehead atoms. The van der Waals surface area contributed by atoms with Gasteiger partial charge in [-0.3, -0.25) is 9.59 Å². The van der Waals surface area contributed by atoms with Gasteiger partial charge in [0.05, 0.1) is 19.1 Å². The van der Waals surface area contributed by atoms with Gasteiger partial charge in [0.15, 0.2) is 0 Å². The summed E-state index contributed by atoms with van der Waals surface area (Å²) in [7, 11) is 1.21. The van der Waals surface area contributed by atoms with Gasteiger partial charge in [0.1, 0.15) is 5.60 Å². The molecule has 3 rings (SSSR count). The van der Waals surface area contributed by atoms with Crippen LogP contribution in [0.1, 0.15) is 50.7 Å². The van der Waals surface area contributed by atoms with E-state index < -0.39 is 17.5 Å². The summed E-state index contributed by atoms with van der Waals surface area (Å²) in [6.45, 7) is 6.52. The van der Waals surface area contributed by atoms with Gasteiger partial charge < -0.3 is 19.3 Å². The molecule has 0 radical (unpaired) electrons. The first kappa shape index (κ1) is 22.2. The zero-order chi connectivity index (χ0) is 22.1. The van der Waals surface area contributed by atoms with Gasteiger partial charge in [-0.2, -0.15) is 15.0 Å². The predicted molar refractivity (Wildman–Crippen MR) is 107 cm³/mol. The van der Waals surface area contributed by atoms with Crippen molar-refractivity contribution in [2.24, 2.45) is 5.92 Å². The molecule has 2 aliphatic rings. The fourth-order valence-corrected chi connectivity index (χ4v) is 3.87. The lowest BCUT2D eigenvalue weighted by Crippen LogP contribution is -2.49. The van der Waals surface area contributed by atoms with Gasteiger partial charge in [-0.1, -0.05) is 0 Å². The summed E-state index contributed by atoms with van der Waals surface area (Å²) in [6.07, 6.45) is 2.18. The monoisotopic (exact) mass is 439 g/mol. The molecule has 1 aromatic heterocycles. The van der Waals surface area contributed by atoms with Crippen molar-refractivity contribution >= 4 is 35.4 Å².